The van der Waals surface area contributed by atoms with E-state index in [-0.39, 0.29) is 0 Å². The maximum absolute atomic E-state index is 5.93. The summed E-state index contributed by atoms with van der Waals surface area (Å²) in [6, 6.07) is 19.2. The molecule has 0 heterocycles. The van der Waals surface area contributed by atoms with Crippen molar-refractivity contribution < 1.29 is 4.74 Å². The Hall–Kier alpha value is -1.41. The molecule has 2 aromatic carbocycles. The fourth-order valence-electron chi connectivity index (χ4n) is 4.21. The van der Waals surface area contributed by atoms with Gasteiger partial charge in [-0.25, -0.2) is 0 Å². The number of ether oxygens (including phenoxy) is 1. The zero-order valence-electron chi connectivity index (χ0n) is 21.2. The van der Waals surface area contributed by atoms with Crippen LogP contribution < -0.4 is 4.74 Å². The van der Waals surface area contributed by atoms with Crippen molar-refractivity contribution in [2.24, 2.45) is 0 Å². The summed E-state index contributed by atoms with van der Waals surface area (Å²) in [4.78, 5) is 1.30. The van der Waals surface area contributed by atoms with E-state index >= 15 is 0 Å². The number of unbranched alkanes of at least 4 members (excludes halogenated alkanes) is 15. The van der Waals surface area contributed by atoms with Crippen LogP contribution in [0.4, 0.5) is 0 Å². The van der Waals surface area contributed by atoms with Crippen LogP contribution in [0.25, 0.3) is 0 Å². The van der Waals surface area contributed by atoms with Gasteiger partial charge in [-0.15, -0.1) is 11.8 Å². The van der Waals surface area contributed by atoms with Gasteiger partial charge in [-0.05, 0) is 36.2 Å². The van der Waals surface area contributed by atoms with E-state index in [9.17, 15) is 0 Å². The second kappa shape index (κ2) is 20.0. The molecule has 2 rings (SSSR count). The summed E-state index contributed by atoms with van der Waals surface area (Å²) in [5, 5.41) is 0. The molecule has 0 N–H and O–H groups in total. The highest BCUT2D eigenvalue weighted by Gasteiger charge is 1.99. The smallest absolute Gasteiger partial charge is 0.119 e. The van der Waals surface area contributed by atoms with E-state index in [2.05, 4.69) is 61.5 Å². The minimum atomic E-state index is 0.842. The molecule has 0 aliphatic rings. The summed E-state index contributed by atoms with van der Waals surface area (Å²) in [6.07, 6.45) is 22.5. The zero-order chi connectivity index (χ0) is 23.2. The van der Waals surface area contributed by atoms with Gasteiger partial charge < -0.3 is 4.74 Å². The fraction of sp³-hybridized carbons (Fsp3) is 0.613. The average Bonchev–Trinajstić information content (AvgIpc) is 2.86. The highest BCUT2D eigenvalue weighted by molar-refractivity contribution is 7.98. The maximum Gasteiger partial charge on any atom is 0.119 e. The minimum absolute atomic E-state index is 0.842. The zero-order valence-corrected chi connectivity index (χ0v) is 22.1. The van der Waals surface area contributed by atoms with Crippen LogP contribution in [0.1, 0.15) is 115 Å². The Kier molecular flexibility index (Phi) is 16.9. The molecule has 1 nitrogen and oxygen atoms in total. The molecule has 0 saturated carbocycles. The first kappa shape index (κ1) is 27.8. The Morgan fingerprint density at radius 1 is 0.545 bits per heavy atom. The van der Waals surface area contributed by atoms with Crippen molar-refractivity contribution in [1.82, 2.24) is 0 Å². The van der Waals surface area contributed by atoms with E-state index in [1.54, 1.807) is 0 Å². The third kappa shape index (κ3) is 15.2. The largest absolute Gasteiger partial charge is 0.494 e. The Morgan fingerprint density at radius 3 is 1.55 bits per heavy atom. The lowest BCUT2D eigenvalue weighted by Gasteiger charge is -2.08. The van der Waals surface area contributed by atoms with Crippen molar-refractivity contribution in [3.8, 4) is 5.75 Å². The van der Waals surface area contributed by atoms with Crippen LogP contribution in [-0.4, -0.2) is 6.61 Å². The monoisotopic (exact) mass is 468 g/mol. The summed E-state index contributed by atoms with van der Waals surface area (Å²) in [5.74, 6) is 2.01. The normalized spacial score (nSPS) is 11.1. The van der Waals surface area contributed by atoms with Crippen LogP contribution in [0, 0.1) is 0 Å². The van der Waals surface area contributed by atoms with E-state index in [1.807, 2.05) is 11.8 Å². The van der Waals surface area contributed by atoms with Crippen LogP contribution in [0.15, 0.2) is 59.5 Å². The van der Waals surface area contributed by atoms with E-state index in [0.29, 0.717) is 0 Å². The first-order valence-electron chi connectivity index (χ1n) is 13.8. The summed E-state index contributed by atoms with van der Waals surface area (Å²) in [5.41, 5.74) is 1.37. The molecule has 0 unspecified atom stereocenters. The Balaban J connectivity index is 1.34. The Morgan fingerprint density at radius 2 is 1.03 bits per heavy atom. The fourth-order valence-corrected chi connectivity index (χ4v) is 5.07. The van der Waals surface area contributed by atoms with Gasteiger partial charge in [-0.1, -0.05) is 134 Å². The average molecular weight is 469 g/mol. The molecule has 0 saturated heterocycles. The third-order valence-corrected chi connectivity index (χ3v) is 7.42. The van der Waals surface area contributed by atoms with Crippen LogP contribution in [-0.2, 0) is 5.75 Å². The van der Waals surface area contributed by atoms with Crippen molar-refractivity contribution in [2.75, 3.05) is 6.61 Å². The van der Waals surface area contributed by atoms with Crippen molar-refractivity contribution in [3.05, 3.63) is 60.2 Å². The minimum Gasteiger partial charge on any atom is -0.494 e. The van der Waals surface area contributed by atoms with Crippen molar-refractivity contribution in [1.29, 1.82) is 0 Å². The molecule has 2 heteroatoms. The highest BCUT2D eigenvalue weighted by atomic mass is 32.2. The van der Waals surface area contributed by atoms with Crippen LogP contribution in [0.2, 0.25) is 0 Å². The van der Waals surface area contributed by atoms with Gasteiger partial charge in [0.25, 0.3) is 0 Å². The SMILES string of the molecule is CCCCCCCCCCCCCCCCCCOc1ccc(SCc2ccccc2)cc1. The van der Waals surface area contributed by atoms with E-state index in [4.69, 9.17) is 4.74 Å². The second-order valence-electron chi connectivity index (χ2n) is 9.40. The summed E-state index contributed by atoms with van der Waals surface area (Å²) in [7, 11) is 0. The van der Waals surface area contributed by atoms with Crippen molar-refractivity contribution in [2.45, 2.75) is 120 Å². The molecule has 0 spiro atoms. The molecule has 0 radical (unpaired) electrons. The van der Waals surface area contributed by atoms with Crippen molar-refractivity contribution in [3.63, 3.8) is 0 Å². The van der Waals surface area contributed by atoms with Crippen molar-refractivity contribution >= 4 is 11.8 Å². The number of hydrogen-bond donors (Lipinski definition) is 0. The predicted molar refractivity (Wildman–Crippen MR) is 147 cm³/mol. The van der Waals surface area contributed by atoms with Gasteiger partial charge in [0.15, 0.2) is 0 Å². The van der Waals surface area contributed by atoms with Crippen LogP contribution >= 0.6 is 11.8 Å². The van der Waals surface area contributed by atoms with E-state index < -0.39 is 0 Å². The summed E-state index contributed by atoms with van der Waals surface area (Å²) < 4.78 is 5.93. The Labute approximate surface area is 209 Å². The Bertz CT molecular complexity index is 667. The quantitative estimate of drug-likeness (QED) is 0.133. The molecule has 0 aliphatic carbocycles. The number of hydrogen-bond acceptors (Lipinski definition) is 2. The molecule has 0 aliphatic heterocycles. The first-order valence-corrected chi connectivity index (χ1v) is 14.8. The van der Waals surface area contributed by atoms with Gasteiger partial charge >= 0.3 is 0 Å². The molecule has 0 fully saturated rings. The van der Waals surface area contributed by atoms with E-state index in [1.165, 1.54) is 113 Å². The molecular formula is C31H48OS. The molecule has 0 bridgehead atoms. The van der Waals surface area contributed by atoms with Gasteiger partial charge in [0.1, 0.15) is 5.75 Å². The van der Waals surface area contributed by atoms with Crippen LogP contribution in [0.5, 0.6) is 5.75 Å². The number of rotatable bonds is 21. The standard InChI is InChI=1S/C31H48OS/c1-2-3-4-5-6-7-8-9-10-11-12-13-14-15-16-20-27-32-30-23-25-31(26-24-30)33-28-29-21-18-17-19-22-29/h17-19,21-26H,2-16,20,27-28H2,1H3. The summed E-state index contributed by atoms with van der Waals surface area (Å²) in [6.45, 7) is 3.14. The molecule has 0 atom stereocenters. The molecular weight excluding hydrogens is 420 g/mol. The third-order valence-electron chi connectivity index (χ3n) is 6.34. The van der Waals surface area contributed by atoms with Gasteiger partial charge in [-0.2, -0.15) is 0 Å². The molecule has 2 aromatic rings. The van der Waals surface area contributed by atoms with Gasteiger partial charge in [0.2, 0.25) is 0 Å². The molecule has 33 heavy (non-hydrogen) atoms. The van der Waals surface area contributed by atoms with Crippen LogP contribution in [0.3, 0.4) is 0 Å². The lowest BCUT2D eigenvalue weighted by atomic mass is 10.0. The topological polar surface area (TPSA) is 9.23 Å². The number of thioether (sulfide) groups is 1. The molecule has 0 amide bonds. The highest BCUT2D eigenvalue weighted by Crippen LogP contribution is 2.25. The maximum atomic E-state index is 5.93. The number of benzene rings is 2. The van der Waals surface area contributed by atoms with Gasteiger partial charge in [-0.3, -0.25) is 0 Å². The lowest BCUT2D eigenvalue weighted by Crippen LogP contribution is -1.97. The summed E-state index contributed by atoms with van der Waals surface area (Å²) >= 11 is 1.88. The van der Waals surface area contributed by atoms with E-state index in [0.717, 1.165) is 18.1 Å². The molecule has 0 aromatic heterocycles. The first-order chi connectivity index (χ1) is 16.4. The molecule has 184 valence electrons. The predicted octanol–water partition coefficient (Wildman–Crippen LogP) is 10.6. The lowest BCUT2D eigenvalue weighted by molar-refractivity contribution is 0.304. The second-order valence-corrected chi connectivity index (χ2v) is 10.4. The van der Waals surface area contributed by atoms with Gasteiger partial charge in [0, 0.05) is 10.6 Å². The van der Waals surface area contributed by atoms with Gasteiger partial charge in [0.05, 0.1) is 6.61 Å².